The highest BCUT2D eigenvalue weighted by Crippen LogP contribution is 2.38. The summed E-state index contributed by atoms with van der Waals surface area (Å²) in [4.78, 5) is 23.3. The SMILES string of the molecule is COc1cc(/C=C2\SC(=O)NC2=O)ccc1OCC1(C)CCCCC1. The molecular formula is C19H23NO4S. The van der Waals surface area contributed by atoms with Crippen molar-refractivity contribution in [1.82, 2.24) is 5.32 Å². The van der Waals surface area contributed by atoms with Gasteiger partial charge < -0.3 is 9.47 Å². The molecule has 6 heteroatoms. The zero-order valence-electron chi connectivity index (χ0n) is 14.6. The molecule has 0 unspecified atom stereocenters. The van der Waals surface area contributed by atoms with Crippen LogP contribution in [0.2, 0.25) is 0 Å². The highest BCUT2D eigenvalue weighted by Gasteiger charge is 2.28. The van der Waals surface area contributed by atoms with Gasteiger partial charge in [0.25, 0.3) is 11.1 Å². The van der Waals surface area contributed by atoms with E-state index in [9.17, 15) is 9.59 Å². The topological polar surface area (TPSA) is 64.6 Å². The van der Waals surface area contributed by atoms with Crippen molar-refractivity contribution < 1.29 is 19.1 Å². The Morgan fingerprint density at radius 3 is 2.60 bits per heavy atom. The van der Waals surface area contributed by atoms with Crippen LogP contribution in [0, 0.1) is 5.41 Å². The molecule has 5 nitrogen and oxygen atoms in total. The van der Waals surface area contributed by atoms with E-state index in [1.165, 1.54) is 32.1 Å². The van der Waals surface area contributed by atoms with Gasteiger partial charge in [0.15, 0.2) is 11.5 Å². The fourth-order valence-electron chi connectivity index (χ4n) is 3.27. The summed E-state index contributed by atoms with van der Waals surface area (Å²) in [5, 5.41) is 1.91. The van der Waals surface area contributed by atoms with Crippen molar-refractivity contribution in [3.8, 4) is 11.5 Å². The van der Waals surface area contributed by atoms with E-state index in [1.807, 2.05) is 18.2 Å². The van der Waals surface area contributed by atoms with Crippen LogP contribution in [0.15, 0.2) is 23.1 Å². The van der Waals surface area contributed by atoms with Crippen molar-refractivity contribution >= 4 is 29.0 Å². The Morgan fingerprint density at radius 2 is 1.96 bits per heavy atom. The lowest BCUT2D eigenvalue weighted by Crippen LogP contribution is -2.27. The minimum atomic E-state index is -0.362. The summed E-state index contributed by atoms with van der Waals surface area (Å²) < 4.78 is 11.5. The number of imide groups is 1. The maximum absolute atomic E-state index is 11.6. The molecule has 1 aliphatic carbocycles. The molecular weight excluding hydrogens is 338 g/mol. The molecule has 1 N–H and O–H groups in total. The first-order valence-electron chi connectivity index (χ1n) is 8.55. The number of methoxy groups -OCH3 is 1. The molecule has 1 aliphatic heterocycles. The fraction of sp³-hybridized carbons (Fsp3) is 0.474. The van der Waals surface area contributed by atoms with E-state index in [4.69, 9.17) is 9.47 Å². The smallest absolute Gasteiger partial charge is 0.290 e. The number of hydrogen-bond donors (Lipinski definition) is 1. The maximum Gasteiger partial charge on any atom is 0.290 e. The molecule has 134 valence electrons. The summed E-state index contributed by atoms with van der Waals surface area (Å²) >= 11 is 0.904. The lowest BCUT2D eigenvalue weighted by Gasteiger charge is -2.33. The van der Waals surface area contributed by atoms with Gasteiger partial charge in [0.1, 0.15) is 0 Å². The molecule has 0 radical (unpaired) electrons. The minimum Gasteiger partial charge on any atom is -0.493 e. The van der Waals surface area contributed by atoms with Crippen molar-refractivity contribution in [3.05, 3.63) is 28.7 Å². The number of carbonyl (C=O) groups excluding carboxylic acids is 2. The third kappa shape index (κ3) is 4.37. The lowest BCUT2D eigenvalue weighted by atomic mass is 9.76. The van der Waals surface area contributed by atoms with Gasteiger partial charge in [0.2, 0.25) is 0 Å². The van der Waals surface area contributed by atoms with Crippen LogP contribution in [0.1, 0.15) is 44.6 Å². The quantitative estimate of drug-likeness (QED) is 0.789. The van der Waals surface area contributed by atoms with Crippen molar-refractivity contribution in [1.29, 1.82) is 0 Å². The van der Waals surface area contributed by atoms with Gasteiger partial charge in [-0.3, -0.25) is 14.9 Å². The zero-order chi connectivity index (χ0) is 17.9. The Hall–Kier alpha value is -1.95. The zero-order valence-corrected chi connectivity index (χ0v) is 15.4. The highest BCUT2D eigenvalue weighted by molar-refractivity contribution is 8.18. The number of ether oxygens (including phenoxy) is 2. The predicted octanol–water partition coefficient (Wildman–Crippen LogP) is 4.37. The maximum atomic E-state index is 11.6. The molecule has 1 saturated carbocycles. The molecule has 0 aromatic heterocycles. The number of nitrogens with one attached hydrogen (secondary N) is 1. The lowest BCUT2D eigenvalue weighted by molar-refractivity contribution is -0.115. The second kappa shape index (κ2) is 7.52. The van der Waals surface area contributed by atoms with Gasteiger partial charge in [-0.05, 0) is 48.4 Å². The highest BCUT2D eigenvalue weighted by atomic mass is 32.2. The van der Waals surface area contributed by atoms with Gasteiger partial charge in [-0.25, -0.2) is 0 Å². The van der Waals surface area contributed by atoms with Crippen molar-refractivity contribution in [2.45, 2.75) is 39.0 Å². The van der Waals surface area contributed by atoms with Gasteiger partial charge >= 0.3 is 0 Å². The van der Waals surface area contributed by atoms with Crippen LogP contribution in [0.5, 0.6) is 11.5 Å². The average molecular weight is 361 g/mol. The van der Waals surface area contributed by atoms with E-state index < -0.39 is 0 Å². The normalized spacial score (nSPS) is 21.3. The largest absolute Gasteiger partial charge is 0.493 e. The van der Waals surface area contributed by atoms with Crippen LogP contribution >= 0.6 is 11.8 Å². The Morgan fingerprint density at radius 1 is 1.20 bits per heavy atom. The van der Waals surface area contributed by atoms with Crippen molar-refractivity contribution in [3.63, 3.8) is 0 Å². The Kier molecular flexibility index (Phi) is 5.37. The summed E-state index contributed by atoms with van der Waals surface area (Å²) in [5.41, 5.74) is 1.02. The van der Waals surface area contributed by atoms with Crippen molar-refractivity contribution in [2.24, 2.45) is 5.41 Å². The Labute approximate surface area is 152 Å². The molecule has 2 fully saturated rings. The molecule has 1 saturated heterocycles. The summed E-state index contributed by atoms with van der Waals surface area (Å²) in [6.07, 6.45) is 7.92. The second-order valence-corrected chi connectivity index (χ2v) is 7.94. The fourth-order valence-corrected chi connectivity index (χ4v) is 3.95. The van der Waals surface area contributed by atoms with Crippen LogP contribution in [-0.4, -0.2) is 24.9 Å². The molecule has 2 aliphatic rings. The average Bonchev–Trinajstić information content (AvgIpc) is 2.91. The van der Waals surface area contributed by atoms with Gasteiger partial charge in [0, 0.05) is 5.41 Å². The van der Waals surface area contributed by atoms with Crippen LogP contribution < -0.4 is 14.8 Å². The minimum absolute atomic E-state index is 0.225. The summed E-state index contributed by atoms with van der Waals surface area (Å²) in [6, 6.07) is 5.55. The summed E-state index contributed by atoms with van der Waals surface area (Å²) in [6.45, 7) is 2.96. The second-order valence-electron chi connectivity index (χ2n) is 6.92. The third-order valence-corrected chi connectivity index (χ3v) is 5.57. The van der Waals surface area contributed by atoms with Crippen LogP contribution in [0.25, 0.3) is 6.08 Å². The number of rotatable bonds is 5. The molecule has 1 heterocycles. The van der Waals surface area contributed by atoms with Gasteiger partial charge in [-0.15, -0.1) is 0 Å². The molecule has 0 atom stereocenters. The first kappa shape index (κ1) is 17.9. The van der Waals surface area contributed by atoms with Gasteiger partial charge in [-0.2, -0.15) is 0 Å². The summed E-state index contributed by atoms with van der Waals surface area (Å²) in [7, 11) is 1.60. The van der Waals surface area contributed by atoms with Gasteiger partial charge in [-0.1, -0.05) is 32.3 Å². The van der Waals surface area contributed by atoms with E-state index in [2.05, 4.69) is 12.2 Å². The number of carbonyl (C=O) groups is 2. The predicted molar refractivity (Wildman–Crippen MR) is 98.8 cm³/mol. The molecule has 1 aromatic rings. The van der Waals surface area contributed by atoms with Crippen LogP contribution in [0.3, 0.4) is 0 Å². The Bertz CT molecular complexity index is 707. The third-order valence-electron chi connectivity index (χ3n) is 4.76. The number of amides is 2. The number of thioether (sulfide) groups is 1. The Balaban J connectivity index is 1.72. The molecule has 3 rings (SSSR count). The van der Waals surface area contributed by atoms with E-state index in [1.54, 1.807) is 13.2 Å². The number of hydrogen-bond acceptors (Lipinski definition) is 5. The first-order valence-corrected chi connectivity index (χ1v) is 9.36. The number of benzene rings is 1. The molecule has 25 heavy (non-hydrogen) atoms. The van der Waals surface area contributed by atoms with E-state index in [-0.39, 0.29) is 16.6 Å². The van der Waals surface area contributed by atoms with E-state index >= 15 is 0 Å². The first-order chi connectivity index (χ1) is 12.0. The standard InChI is InChI=1S/C19H23NO4S/c1-19(8-4-3-5-9-19)12-24-14-7-6-13(10-15(14)23-2)11-16-17(21)20-18(22)25-16/h6-7,10-11H,3-5,8-9,12H2,1-2H3,(H,20,21,22)/b16-11-. The molecule has 1 aromatic carbocycles. The van der Waals surface area contributed by atoms with Crippen LogP contribution in [-0.2, 0) is 4.79 Å². The van der Waals surface area contributed by atoms with E-state index in [0.717, 1.165) is 17.3 Å². The van der Waals surface area contributed by atoms with Crippen LogP contribution in [0.4, 0.5) is 4.79 Å². The monoisotopic (exact) mass is 361 g/mol. The molecule has 0 bridgehead atoms. The molecule has 0 spiro atoms. The van der Waals surface area contributed by atoms with Gasteiger partial charge in [0.05, 0.1) is 18.6 Å². The molecule has 2 amide bonds. The van der Waals surface area contributed by atoms with Crippen molar-refractivity contribution in [2.75, 3.05) is 13.7 Å². The van der Waals surface area contributed by atoms with E-state index in [0.29, 0.717) is 23.0 Å². The summed E-state index contributed by atoms with van der Waals surface area (Å²) in [5.74, 6) is 0.971.